The number of carboxylic acid groups (broad SMARTS) is 1. The molecule has 8 heavy (non-hydrogen) atoms. The molecule has 0 saturated heterocycles. The first-order chi connectivity index (χ1) is 3.68. The number of aliphatic carboxylic acids is 1. The van der Waals surface area contributed by atoms with Gasteiger partial charge in [0.05, 0.1) is 0 Å². The molecule has 48 valence electrons. The topological polar surface area (TPSA) is 49.3 Å². The monoisotopic (exact) mass is 117 g/mol. The SMILES string of the molecule is CCN[C@H](C)C(=O)O. The summed E-state index contributed by atoms with van der Waals surface area (Å²) in [7, 11) is 0. The molecule has 0 fully saturated rings. The Morgan fingerprint density at radius 2 is 2.38 bits per heavy atom. The second kappa shape index (κ2) is 3.43. The van der Waals surface area contributed by atoms with Gasteiger partial charge in [-0.05, 0) is 13.5 Å². The fourth-order valence-corrected chi connectivity index (χ4v) is 0.393. The van der Waals surface area contributed by atoms with Crippen molar-refractivity contribution in [3.8, 4) is 0 Å². The predicted octanol–water partition coefficient (Wildman–Crippen LogP) is 0.0690. The first kappa shape index (κ1) is 7.43. The summed E-state index contributed by atoms with van der Waals surface area (Å²) < 4.78 is 0. The van der Waals surface area contributed by atoms with E-state index in [1.54, 1.807) is 6.92 Å². The lowest BCUT2D eigenvalue weighted by atomic mass is 10.3. The maximum atomic E-state index is 10.0. The van der Waals surface area contributed by atoms with E-state index in [4.69, 9.17) is 5.11 Å². The highest BCUT2D eigenvalue weighted by Gasteiger charge is 2.06. The molecule has 0 bridgehead atoms. The molecule has 1 atom stereocenters. The van der Waals surface area contributed by atoms with Crippen LogP contribution in [-0.2, 0) is 4.79 Å². The molecule has 0 aromatic carbocycles. The lowest BCUT2D eigenvalue weighted by molar-refractivity contribution is -0.138. The molecule has 0 aliphatic carbocycles. The van der Waals surface area contributed by atoms with Crippen LogP contribution in [0.5, 0.6) is 0 Å². The predicted molar refractivity (Wildman–Crippen MR) is 30.8 cm³/mol. The Kier molecular flexibility index (Phi) is 3.19. The van der Waals surface area contributed by atoms with Crippen molar-refractivity contribution in [1.82, 2.24) is 5.32 Å². The molecule has 0 rings (SSSR count). The molecular formula is C5H11NO2. The summed E-state index contributed by atoms with van der Waals surface area (Å²) in [6.07, 6.45) is 0. The molecule has 0 unspecified atom stereocenters. The van der Waals surface area contributed by atoms with Crippen LogP contribution < -0.4 is 5.32 Å². The summed E-state index contributed by atoms with van der Waals surface area (Å²) in [5.41, 5.74) is 0. The van der Waals surface area contributed by atoms with Crippen molar-refractivity contribution >= 4 is 5.97 Å². The van der Waals surface area contributed by atoms with Gasteiger partial charge in [0.25, 0.3) is 0 Å². The number of hydrogen-bond acceptors (Lipinski definition) is 2. The Balaban J connectivity index is 3.32. The van der Waals surface area contributed by atoms with Gasteiger partial charge >= 0.3 is 5.97 Å². The van der Waals surface area contributed by atoms with Crippen molar-refractivity contribution < 1.29 is 9.90 Å². The molecule has 2 N–H and O–H groups in total. The van der Waals surface area contributed by atoms with Gasteiger partial charge in [0.2, 0.25) is 0 Å². The zero-order valence-electron chi connectivity index (χ0n) is 5.14. The number of carbonyl (C=O) groups is 1. The highest BCUT2D eigenvalue weighted by Crippen LogP contribution is 1.77. The zero-order chi connectivity index (χ0) is 6.57. The van der Waals surface area contributed by atoms with Crippen LogP contribution in [0.2, 0.25) is 0 Å². The van der Waals surface area contributed by atoms with Gasteiger partial charge in [-0.15, -0.1) is 0 Å². The molecule has 0 saturated carbocycles. The van der Waals surface area contributed by atoms with Crippen LogP contribution in [0.4, 0.5) is 0 Å². The van der Waals surface area contributed by atoms with Gasteiger partial charge < -0.3 is 10.4 Å². The minimum atomic E-state index is -0.799. The fraction of sp³-hybridized carbons (Fsp3) is 0.800. The lowest BCUT2D eigenvalue weighted by Gasteiger charge is -2.03. The molecule has 0 radical (unpaired) electrons. The van der Waals surface area contributed by atoms with E-state index in [9.17, 15) is 4.79 Å². The minimum Gasteiger partial charge on any atom is -0.480 e. The highest BCUT2D eigenvalue weighted by atomic mass is 16.4. The Morgan fingerprint density at radius 1 is 1.88 bits per heavy atom. The van der Waals surface area contributed by atoms with E-state index in [1.807, 2.05) is 6.92 Å². The van der Waals surface area contributed by atoms with E-state index in [1.165, 1.54) is 0 Å². The lowest BCUT2D eigenvalue weighted by Crippen LogP contribution is -2.33. The number of nitrogens with one attached hydrogen (secondary N) is 1. The Morgan fingerprint density at radius 3 is 2.50 bits per heavy atom. The maximum Gasteiger partial charge on any atom is 0.320 e. The third-order valence-corrected chi connectivity index (χ3v) is 0.881. The summed E-state index contributed by atoms with van der Waals surface area (Å²) in [6, 6.07) is -0.417. The van der Waals surface area contributed by atoms with E-state index < -0.39 is 12.0 Å². The summed E-state index contributed by atoms with van der Waals surface area (Å²) in [4.78, 5) is 10.0. The molecule has 0 aromatic heterocycles. The molecule has 3 nitrogen and oxygen atoms in total. The molecule has 0 heterocycles. The number of hydrogen-bond donors (Lipinski definition) is 2. The van der Waals surface area contributed by atoms with E-state index in [0.717, 1.165) is 0 Å². The summed E-state index contributed by atoms with van der Waals surface area (Å²) in [6.45, 7) is 4.19. The number of carboxylic acids is 1. The van der Waals surface area contributed by atoms with E-state index in [0.29, 0.717) is 6.54 Å². The molecule has 0 amide bonds. The summed E-state index contributed by atoms with van der Waals surface area (Å²) in [5.74, 6) is -0.799. The first-order valence-electron chi connectivity index (χ1n) is 2.64. The van der Waals surface area contributed by atoms with Gasteiger partial charge in [-0.3, -0.25) is 4.79 Å². The van der Waals surface area contributed by atoms with Crippen LogP contribution >= 0.6 is 0 Å². The minimum absolute atomic E-state index is 0.417. The van der Waals surface area contributed by atoms with Crippen LogP contribution in [0.25, 0.3) is 0 Å². The van der Waals surface area contributed by atoms with Crippen molar-refractivity contribution in [1.29, 1.82) is 0 Å². The molecular weight excluding hydrogens is 106 g/mol. The van der Waals surface area contributed by atoms with E-state index >= 15 is 0 Å². The highest BCUT2D eigenvalue weighted by molar-refractivity contribution is 5.72. The van der Waals surface area contributed by atoms with E-state index in [-0.39, 0.29) is 0 Å². The van der Waals surface area contributed by atoms with Gasteiger partial charge in [0, 0.05) is 0 Å². The van der Waals surface area contributed by atoms with Crippen molar-refractivity contribution in [3.05, 3.63) is 0 Å². The third kappa shape index (κ3) is 2.58. The van der Waals surface area contributed by atoms with Gasteiger partial charge in [0.15, 0.2) is 0 Å². The smallest absolute Gasteiger partial charge is 0.320 e. The number of likely N-dealkylation sites (N-methyl/N-ethyl adjacent to an activating group) is 1. The van der Waals surface area contributed by atoms with Gasteiger partial charge in [0.1, 0.15) is 6.04 Å². The van der Waals surface area contributed by atoms with Crippen LogP contribution in [0, 0.1) is 0 Å². The van der Waals surface area contributed by atoms with Gasteiger partial charge in [-0.25, -0.2) is 0 Å². The normalized spacial score (nSPS) is 13.2. The van der Waals surface area contributed by atoms with Crippen LogP contribution in [-0.4, -0.2) is 23.7 Å². The maximum absolute atomic E-state index is 10.0. The molecule has 0 aliphatic rings. The average molecular weight is 117 g/mol. The molecule has 0 spiro atoms. The van der Waals surface area contributed by atoms with Crippen molar-refractivity contribution in [2.75, 3.05) is 6.54 Å². The average Bonchev–Trinajstić information content (AvgIpc) is 1.67. The van der Waals surface area contributed by atoms with Gasteiger partial charge in [-0.2, -0.15) is 0 Å². The summed E-state index contributed by atoms with van der Waals surface area (Å²) >= 11 is 0. The van der Waals surface area contributed by atoms with Gasteiger partial charge in [-0.1, -0.05) is 6.92 Å². The third-order valence-electron chi connectivity index (χ3n) is 0.881. The fourth-order valence-electron chi connectivity index (χ4n) is 0.393. The molecule has 0 aliphatic heterocycles. The second-order valence-electron chi connectivity index (χ2n) is 1.62. The van der Waals surface area contributed by atoms with E-state index in [2.05, 4.69) is 5.32 Å². The quantitative estimate of drug-likeness (QED) is 0.550. The van der Waals surface area contributed by atoms with Crippen molar-refractivity contribution in [3.63, 3.8) is 0 Å². The standard InChI is InChI=1S/C5H11NO2/c1-3-6-4(2)5(7)8/h4,6H,3H2,1-2H3,(H,7,8)/t4-/m1/s1. The van der Waals surface area contributed by atoms with Crippen LogP contribution in [0.3, 0.4) is 0 Å². The van der Waals surface area contributed by atoms with Crippen molar-refractivity contribution in [2.24, 2.45) is 0 Å². The number of rotatable bonds is 3. The van der Waals surface area contributed by atoms with Crippen LogP contribution in [0.1, 0.15) is 13.8 Å². The first-order valence-corrected chi connectivity index (χ1v) is 2.64. The Hall–Kier alpha value is -0.570. The molecule has 0 aromatic rings. The Bertz CT molecular complexity index is 82.5. The van der Waals surface area contributed by atoms with Crippen LogP contribution in [0.15, 0.2) is 0 Å². The summed E-state index contributed by atoms with van der Waals surface area (Å²) in [5, 5.41) is 11.0. The molecule has 3 heteroatoms. The zero-order valence-corrected chi connectivity index (χ0v) is 5.14. The van der Waals surface area contributed by atoms with Crippen molar-refractivity contribution in [2.45, 2.75) is 19.9 Å². The largest absolute Gasteiger partial charge is 0.480 e. The Labute approximate surface area is 48.7 Å². The second-order valence-corrected chi connectivity index (χ2v) is 1.62.